The minimum atomic E-state index is -0.163. The largest absolute Gasteiger partial charge is 0.311 e. The summed E-state index contributed by atoms with van der Waals surface area (Å²) in [7, 11) is 0. The summed E-state index contributed by atoms with van der Waals surface area (Å²) in [5, 5.41) is 7.38. The lowest BCUT2D eigenvalue weighted by molar-refractivity contribution is 0.102. The lowest BCUT2D eigenvalue weighted by Gasteiger charge is -2.09. The normalized spacial score (nSPS) is 13.9. The smallest absolute Gasteiger partial charge is 0.257 e. The van der Waals surface area contributed by atoms with Crippen molar-refractivity contribution in [2.75, 3.05) is 11.9 Å². The van der Waals surface area contributed by atoms with Gasteiger partial charge >= 0.3 is 0 Å². The van der Waals surface area contributed by atoms with Gasteiger partial charge in [0.1, 0.15) is 0 Å². The van der Waals surface area contributed by atoms with E-state index in [-0.39, 0.29) is 5.91 Å². The number of halogens is 1. The van der Waals surface area contributed by atoms with Gasteiger partial charge in [0.25, 0.3) is 5.91 Å². The Morgan fingerprint density at radius 2 is 2.35 bits per heavy atom. The van der Waals surface area contributed by atoms with E-state index in [2.05, 4.69) is 15.6 Å². The van der Waals surface area contributed by atoms with Crippen LogP contribution in [-0.2, 0) is 13.0 Å². The topological polar surface area (TPSA) is 54.0 Å². The van der Waals surface area contributed by atoms with Gasteiger partial charge in [0, 0.05) is 35.0 Å². The highest BCUT2D eigenvalue weighted by Gasteiger charge is 2.17. The quantitative estimate of drug-likeness (QED) is 0.897. The molecule has 1 aromatic carbocycles. The Bertz CT molecular complexity index is 645. The van der Waals surface area contributed by atoms with Gasteiger partial charge in [0.2, 0.25) is 0 Å². The maximum Gasteiger partial charge on any atom is 0.257 e. The van der Waals surface area contributed by atoms with Crippen LogP contribution in [0.3, 0.4) is 0 Å². The molecule has 104 valence electrons. The molecule has 1 aliphatic heterocycles. The number of rotatable bonds is 2. The van der Waals surface area contributed by atoms with Crippen LogP contribution in [0.25, 0.3) is 0 Å². The molecule has 0 radical (unpaired) electrons. The molecular formula is C14H14ClN3OS. The molecule has 1 amide bonds. The van der Waals surface area contributed by atoms with Crippen molar-refractivity contribution in [3.63, 3.8) is 0 Å². The molecule has 0 saturated carbocycles. The third-order valence-corrected chi connectivity index (χ3v) is 4.52. The van der Waals surface area contributed by atoms with Gasteiger partial charge in [-0.2, -0.15) is 0 Å². The first-order valence-corrected chi connectivity index (χ1v) is 7.60. The molecule has 6 heteroatoms. The molecule has 0 unspecified atom stereocenters. The summed E-state index contributed by atoms with van der Waals surface area (Å²) in [5.74, 6) is -0.163. The molecule has 0 fully saturated rings. The zero-order valence-corrected chi connectivity index (χ0v) is 12.6. The number of nitrogens with zero attached hydrogens (tertiary/aromatic N) is 1. The van der Waals surface area contributed by atoms with Crippen LogP contribution >= 0.6 is 22.9 Å². The molecular weight excluding hydrogens is 294 g/mol. The van der Waals surface area contributed by atoms with Crippen molar-refractivity contribution in [3.05, 3.63) is 44.9 Å². The summed E-state index contributed by atoms with van der Waals surface area (Å²) in [4.78, 5) is 18.0. The van der Waals surface area contributed by atoms with Crippen molar-refractivity contribution in [2.45, 2.75) is 19.9 Å². The van der Waals surface area contributed by atoms with Crippen molar-refractivity contribution in [1.29, 1.82) is 0 Å². The van der Waals surface area contributed by atoms with Crippen LogP contribution in [0.15, 0.2) is 18.2 Å². The van der Waals surface area contributed by atoms with Crippen LogP contribution in [0.2, 0.25) is 5.02 Å². The number of nitrogens with one attached hydrogen (secondary N) is 2. The van der Waals surface area contributed by atoms with E-state index in [0.29, 0.717) is 15.7 Å². The molecule has 3 rings (SSSR count). The Morgan fingerprint density at radius 3 is 3.15 bits per heavy atom. The van der Waals surface area contributed by atoms with Gasteiger partial charge in [-0.1, -0.05) is 17.7 Å². The maximum atomic E-state index is 12.3. The molecule has 0 spiro atoms. The van der Waals surface area contributed by atoms with Gasteiger partial charge in [0.05, 0.1) is 5.69 Å². The van der Waals surface area contributed by atoms with Crippen molar-refractivity contribution >= 4 is 34.0 Å². The molecule has 0 bridgehead atoms. The third kappa shape index (κ3) is 2.70. The first-order chi connectivity index (χ1) is 9.63. The number of anilines is 1. The Balaban J connectivity index is 1.82. The number of aromatic nitrogens is 1. The average Bonchev–Trinajstić information content (AvgIpc) is 2.83. The van der Waals surface area contributed by atoms with Gasteiger partial charge < -0.3 is 5.32 Å². The number of amides is 1. The summed E-state index contributed by atoms with van der Waals surface area (Å²) < 4.78 is 0. The zero-order chi connectivity index (χ0) is 14.1. The highest BCUT2D eigenvalue weighted by molar-refractivity contribution is 7.15. The van der Waals surface area contributed by atoms with Crippen LogP contribution in [0, 0.1) is 6.92 Å². The fraction of sp³-hybridized carbons (Fsp3) is 0.286. The number of thiazole rings is 1. The molecule has 1 aromatic heterocycles. The van der Waals surface area contributed by atoms with E-state index in [1.165, 1.54) is 16.2 Å². The van der Waals surface area contributed by atoms with E-state index in [4.69, 9.17) is 11.6 Å². The second-order valence-corrected chi connectivity index (χ2v) is 6.25. The number of fused-ring (bicyclic) bond motifs is 1. The minimum absolute atomic E-state index is 0.163. The summed E-state index contributed by atoms with van der Waals surface area (Å²) in [5.41, 5.74) is 2.57. The Morgan fingerprint density at radius 1 is 1.50 bits per heavy atom. The highest BCUT2D eigenvalue weighted by Crippen LogP contribution is 2.26. The molecule has 2 aromatic rings. The Kier molecular flexibility index (Phi) is 3.74. The van der Waals surface area contributed by atoms with Crippen molar-refractivity contribution in [3.8, 4) is 0 Å². The van der Waals surface area contributed by atoms with Gasteiger partial charge in [-0.05, 0) is 24.6 Å². The van der Waals surface area contributed by atoms with E-state index in [9.17, 15) is 4.79 Å². The summed E-state index contributed by atoms with van der Waals surface area (Å²) in [6.07, 6.45) is 0.915. The molecule has 4 nitrogen and oxygen atoms in total. The first kappa shape index (κ1) is 13.5. The fourth-order valence-electron chi connectivity index (χ4n) is 2.18. The van der Waals surface area contributed by atoms with Crippen LogP contribution in [0.5, 0.6) is 0 Å². The predicted octanol–water partition coefficient (Wildman–Crippen LogP) is 3.00. The molecule has 0 aliphatic carbocycles. The second kappa shape index (κ2) is 5.52. The predicted molar refractivity (Wildman–Crippen MR) is 81.7 cm³/mol. The number of hydrogen-bond donors (Lipinski definition) is 2. The van der Waals surface area contributed by atoms with Gasteiger partial charge in [0.15, 0.2) is 5.13 Å². The lowest BCUT2D eigenvalue weighted by Crippen LogP contribution is -2.22. The third-order valence-electron chi connectivity index (χ3n) is 3.27. The molecule has 20 heavy (non-hydrogen) atoms. The van der Waals surface area contributed by atoms with E-state index in [0.717, 1.165) is 30.8 Å². The molecule has 2 heterocycles. The van der Waals surface area contributed by atoms with Gasteiger partial charge in [-0.15, -0.1) is 11.3 Å². The summed E-state index contributed by atoms with van der Waals surface area (Å²) in [6, 6.07) is 5.30. The Labute approximate surface area is 126 Å². The number of carbonyl (C=O) groups is 1. The SMILES string of the molecule is Cc1ccc(Cl)cc1C(=O)Nc1nc2c(s1)CNCC2. The molecule has 0 saturated heterocycles. The molecule has 0 atom stereocenters. The van der Waals surface area contributed by atoms with Gasteiger partial charge in [-0.25, -0.2) is 4.98 Å². The van der Waals surface area contributed by atoms with Crippen molar-refractivity contribution in [1.82, 2.24) is 10.3 Å². The molecule has 1 aliphatic rings. The van der Waals surface area contributed by atoms with E-state index >= 15 is 0 Å². The number of aryl methyl sites for hydroxylation is 1. The highest BCUT2D eigenvalue weighted by atomic mass is 35.5. The van der Waals surface area contributed by atoms with Crippen molar-refractivity contribution < 1.29 is 4.79 Å². The second-order valence-electron chi connectivity index (χ2n) is 4.73. The molecule has 2 N–H and O–H groups in total. The van der Waals surface area contributed by atoms with Crippen LogP contribution < -0.4 is 10.6 Å². The monoisotopic (exact) mass is 307 g/mol. The fourth-order valence-corrected chi connectivity index (χ4v) is 3.33. The average molecular weight is 308 g/mol. The standard InChI is InChI=1S/C14H14ClN3OS/c1-8-2-3-9(15)6-10(8)13(19)18-14-17-11-4-5-16-7-12(11)20-14/h2-3,6,16H,4-5,7H2,1H3,(H,17,18,19). The van der Waals surface area contributed by atoms with E-state index in [1.807, 2.05) is 13.0 Å². The van der Waals surface area contributed by atoms with Crippen LogP contribution in [0.1, 0.15) is 26.5 Å². The van der Waals surface area contributed by atoms with E-state index < -0.39 is 0 Å². The summed E-state index contributed by atoms with van der Waals surface area (Å²) in [6.45, 7) is 3.67. The van der Waals surface area contributed by atoms with Crippen molar-refractivity contribution in [2.24, 2.45) is 0 Å². The summed E-state index contributed by atoms with van der Waals surface area (Å²) >= 11 is 7.47. The first-order valence-electron chi connectivity index (χ1n) is 6.40. The Hall–Kier alpha value is -1.43. The van der Waals surface area contributed by atoms with Gasteiger partial charge in [-0.3, -0.25) is 10.1 Å². The minimum Gasteiger partial charge on any atom is -0.311 e. The van der Waals surface area contributed by atoms with Crippen LogP contribution in [-0.4, -0.2) is 17.4 Å². The maximum absolute atomic E-state index is 12.3. The number of carbonyl (C=O) groups excluding carboxylic acids is 1. The van der Waals surface area contributed by atoms with E-state index in [1.54, 1.807) is 12.1 Å². The number of hydrogen-bond acceptors (Lipinski definition) is 4. The zero-order valence-electron chi connectivity index (χ0n) is 11.0. The number of benzene rings is 1. The lowest BCUT2D eigenvalue weighted by atomic mass is 10.1. The van der Waals surface area contributed by atoms with Crippen LogP contribution in [0.4, 0.5) is 5.13 Å².